The highest BCUT2D eigenvalue weighted by Gasteiger charge is 2.76. The molecule has 2 aromatic rings. The second-order valence-corrected chi connectivity index (χ2v) is 7.37. The molecule has 0 aliphatic heterocycles. The second-order valence-electron chi connectivity index (χ2n) is 7.03. The Kier molecular flexibility index (Phi) is 3.87. The van der Waals surface area contributed by atoms with Crippen LogP contribution in [-0.4, -0.2) is 68.6 Å². The zero-order valence-electron chi connectivity index (χ0n) is 14.6. The molecule has 4 rings (SSSR count). The van der Waals surface area contributed by atoms with Gasteiger partial charge >= 0.3 is 5.97 Å². The van der Waals surface area contributed by atoms with Crippen molar-refractivity contribution in [3.8, 4) is 0 Å². The highest BCUT2D eigenvalue weighted by Crippen LogP contribution is 2.68. The van der Waals surface area contributed by atoms with E-state index in [1.54, 1.807) is 22.7 Å². The number of hydrogen-bond donors (Lipinski definition) is 2. The second kappa shape index (κ2) is 5.77. The Morgan fingerprint density at radius 3 is 2.85 bits per heavy atom. The molecule has 2 fully saturated rings. The molecule has 2 aromatic heterocycles. The van der Waals surface area contributed by atoms with Crippen LogP contribution in [0, 0.1) is 11.3 Å². The lowest BCUT2D eigenvalue weighted by Crippen LogP contribution is -2.38. The Bertz CT molecular complexity index is 887. The molecule has 2 aliphatic carbocycles. The number of nitrogens with zero attached hydrogens (tertiary/aromatic N) is 5. The van der Waals surface area contributed by atoms with Gasteiger partial charge in [0.2, 0.25) is 5.28 Å². The molecule has 0 saturated heterocycles. The minimum absolute atomic E-state index is 0.0587. The lowest BCUT2D eigenvalue weighted by atomic mass is 9.99. The molecule has 26 heavy (non-hydrogen) atoms. The number of hydrogen-bond acceptors (Lipinski definition) is 8. The van der Waals surface area contributed by atoms with Gasteiger partial charge in [0.05, 0.1) is 25.1 Å². The number of esters is 1. The number of aromatic nitrogens is 4. The topological polar surface area (TPSA) is 114 Å². The van der Waals surface area contributed by atoms with Gasteiger partial charge < -0.3 is 24.4 Å². The zero-order valence-corrected chi connectivity index (χ0v) is 15.4. The van der Waals surface area contributed by atoms with E-state index < -0.39 is 29.6 Å². The molecular weight excluding hydrogens is 362 g/mol. The van der Waals surface area contributed by atoms with Gasteiger partial charge in [-0.15, -0.1) is 0 Å². The van der Waals surface area contributed by atoms with Crippen LogP contribution in [0.1, 0.15) is 19.4 Å². The molecule has 5 atom stereocenters. The smallest absolute Gasteiger partial charge is 0.315 e. The largest absolute Gasteiger partial charge is 0.465 e. The Morgan fingerprint density at radius 1 is 1.46 bits per heavy atom. The van der Waals surface area contributed by atoms with Crippen LogP contribution in [0.25, 0.3) is 11.2 Å². The Labute approximate surface area is 154 Å². The van der Waals surface area contributed by atoms with Crippen LogP contribution in [0.5, 0.6) is 0 Å². The Balaban J connectivity index is 1.79. The maximum absolute atomic E-state index is 12.4. The molecule has 140 valence electrons. The number of carbonyl (C=O) groups excluding carboxylic acids is 1. The van der Waals surface area contributed by atoms with E-state index in [0.717, 1.165) is 0 Å². The van der Waals surface area contributed by atoms with Crippen molar-refractivity contribution in [2.75, 3.05) is 25.6 Å². The van der Waals surface area contributed by atoms with E-state index in [1.807, 2.05) is 14.1 Å². The third-order valence-electron chi connectivity index (χ3n) is 5.45. The number of carbonyl (C=O) groups is 1. The number of imidazole rings is 1. The molecule has 0 aromatic carbocycles. The van der Waals surface area contributed by atoms with Gasteiger partial charge in [0.15, 0.2) is 17.0 Å². The maximum atomic E-state index is 12.4. The van der Waals surface area contributed by atoms with Gasteiger partial charge in [0.1, 0.15) is 11.5 Å². The number of ether oxygens (including phenoxy) is 1. The maximum Gasteiger partial charge on any atom is 0.315 e. The van der Waals surface area contributed by atoms with Crippen molar-refractivity contribution in [3.63, 3.8) is 0 Å². The van der Waals surface area contributed by atoms with Crippen LogP contribution in [0.2, 0.25) is 5.28 Å². The van der Waals surface area contributed by atoms with Crippen LogP contribution in [0.3, 0.4) is 0 Å². The fraction of sp³-hybridized carbons (Fsp3) is 0.625. The van der Waals surface area contributed by atoms with E-state index in [-0.39, 0.29) is 17.8 Å². The van der Waals surface area contributed by atoms with Gasteiger partial charge in [-0.2, -0.15) is 9.97 Å². The van der Waals surface area contributed by atoms with Crippen LogP contribution in [0.15, 0.2) is 6.33 Å². The summed E-state index contributed by atoms with van der Waals surface area (Å²) in [7, 11) is 3.63. The summed E-state index contributed by atoms with van der Waals surface area (Å²) in [5, 5.41) is 21.2. The number of fused-ring (bicyclic) bond motifs is 2. The summed E-state index contributed by atoms with van der Waals surface area (Å²) in [6.45, 7) is 1.94. The summed E-state index contributed by atoms with van der Waals surface area (Å²) in [5.74, 6) is -0.162. The summed E-state index contributed by atoms with van der Waals surface area (Å²) in [5.41, 5.74) is -0.0652. The van der Waals surface area contributed by atoms with Gasteiger partial charge in [0.25, 0.3) is 0 Å². The lowest BCUT2D eigenvalue weighted by Gasteiger charge is -2.23. The van der Waals surface area contributed by atoms with Crippen LogP contribution in [0.4, 0.5) is 5.82 Å². The predicted molar refractivity (Wildman–Crippen MR) is 92.9 cm³/mol. The molecule has 2 aliphatic rings. The Morgan fingerprint density at radius 2 is 2.19 bits per heavy atom. The summed E-state index contributed by atoms with van der Waals surface area (Å²) in [6.07, 6.45) is -0.330. The summed E-state index contributed by atoms with van der Waals surface area (Å²) >= 11 is 6.06. The molecule has 9 nitrogen and oxygen atoms in total. The first-order chi connectivity index (χ1) is 12.3. The standard InChI is InChI=1S/C16H20ClN5O4/c1-4-26-14(25)16-5-7(16)9(10(23)11(16)24)22-6-18-8-12(21(2)3)19-15(17)20-13(8)22/h6-7,9-11,23-24H,4-5H2,1-3H3/t7-,9-,10+,11+,16+/m1/s1. The van der Waals surface area contributed by atoms with E-state index in [9.17, 15) is 15.0 Å². The minimum atomic E-state index is -1.19. The molecule has 2 N–H and O–H groups in total. The first-order valence-electron chi connectivity index (χ1n) is 8.43. The van der Waals surface area contributed by atoms with E-state index in [2.05, 4.69) is 15.0 Å². The monoisotopic (exact) mass is 381 g/mol. The van der Waals surface area contributed by atoms with Crippen molar-refractivity contribution in [1.82, 2.24) is 19.5 Å². The summed E-state index contributed by atoms with van der Waals surface area (Å²) in [6, 6.07) is -0.541. The van der Waals surface area contributed by atoms with Gasteiger partial charge in [-0.05, 0) is 24.9 Å². The van der Waals surface area contributed by atoms with Crippen LogP contribution >= 0.6 is 11.6 Å². The van der Waals surface area contributed by atoms with Gasteiger partial charge in [-0.25, -0.2) is 4.98 Å². The minimum Gasteiger partial charge on any atom is -0.465 e. The van der Waals surface area contributed by atoms with E-state index in [4.69, 9.17) is 16.3 Å². The first-order valence-corrected chi connectivity index (χ1v) is 8.81. The SMILES string of the molecule is CCOC(=O)[C@@]12C[C@@H]1[C@@H](n1cnc3c(N(C)C)nc(Cl)nc31)[C@H](O)[C@@H]2O. The van der Waals surface area contributed by atoms with E-state index in [1.165, 1.54) is 0 Å². The predicted octanol–water partition coefficient (Wildman–Crippen LogP) is 0.392. The number of halogens is 1. The van der Waals surface area contributed by atoms with E-state index >= 15 is 0 Å². The molecule has 2 heterocycles. The normalized spacial score (nSPS) is 32.5. The van der Waals surface area contributed by atoms with Crippen molar-refractivity contribution < 1.29 is 19.7 Å². The van der Waals surface area contributed by atoms with Crippen molar-refractivity contribution in [3.05, 3.63) is 11.6 Å². The zero-order chi connectivity index (χ0) is 18.8. The third kappa shape index (κ3) is 2.17. The van der Waals surface area contributed by atoms with Gasteiger partial charge in [0, 0.05) is 20.0 Å². The van der Waals surface area contributed by atoms with E-state index in [0.29, 0.717) is 23.4 Å². The molecule has 0 bridgehead atoms. The molecule has 2 saturated carbocycles. The molecule has 0 spiro atoms. The van der Waals surface area contributed by atoms with Crippen LogP contribution < -0.4 is 4.90 Å². The van der Waals surface area contributed by atoms with Crippen LogP contribution in [-0.2, 0) is 9.53 Å². The molecule has 0 unspecified atom stereocenters. The fourth-order valence-electron chi connectivity index (χ4n) is 4.19. The van der Waals surface area contributed by atoms with Gasteiger partial charge in [-0.1, -0.05) is 0 Å². The highest BCUT2D eigenvalue weighted by molar-refractivity contribution is 6.28. The lowest BCUT2D eigenvalue weighted by molar-refractivity contribution is -0.156. The summed E-state index contributed by atoms with van der Waals surface area (Å²) in [4.78, 5) is 27.0. The number of anilines is 1. The van der Waals surface area contributed by atoms with Crippen molar-refractivity contribution in [2.24, 2.45) is 11.3 Å². The van der Waals surface area contributed by atoms with Crippen molar-refractivity contribution >= 4 is 34.6 Å². The highest BCUT2D eigenvalue weighted by atomic mass is 35.5. The quantitative estimate of drug-likeness (QED) is 0.577. The molecular formula is C16H20ClN5O4. The Hall–Kier alpha value is -1.97. The average molecular weight is 382 g/mol. The van der Waals surface area contributed by atoms with Gasteiger partial charge in [-0.3, -0.25) is 4.79 Å². The van der Waals surface area contributed by atoms with Crippen molar-refractivity contribution in [1.29, 1.82) is 0 Å². The number of aliphatic hydroxyl groups excluding tert-OH is 2. The fourth-order valence-corrected chi connectivity index (χ4v) is 4.35. The molecule has 0 radical (unpaired) electrons. The third-order valence-corrected chi connectivity index (χ3v) is 5.62. The molecule has 10 heteroatoms. The number of rotatable bonds is 4. The average Bonchev–Trinajstić information content (AvgIpc) is 3.13. The van der Waals surface area contributed by atoms with Crippen molar-refractivity contribution in [2.45, 2.75) is 31.6 Å². The number of aliphatic hydroxyl groups is 2. The molecule has 0 amide bonds. The summed E-state index contributed by atoms with van der Waals surface area (Å²) < 4.78 is 6.81. The first kappa shape index (κ1) is 17.4.